The smallest absolute Gasteiger partial charge is 0.450 e. The molecule has 0 spiro atoms. The summed E-state index contributed by atoms with van der Waals surface area (Å²) in [6.07, 6.45) is 2.59. The molecular weight excluding hydrogens is 220 g/mol. The van der Waals surface area contributed by atoms with Crippen LogP contribution in [-0.4, -0.2) is 30.6 Å². The second-order valence-electron chi connectivity index (χ2n) is 5.35. The standard InChI is InChI=1S/C13H24O4/c1-9(2)11-5-4-10(3)8-12(11)16-6-7-17-13(14)15/h9-12H,4-8H2,1-3H3,(H,14,15). The van der Waals surface area contributed by atoms with Crippen LogP contribution in [0.2, 0.25) is 0 Å². The molecule has 0 heterocycles. The molecule has 0 aromatic carbocycles. The van der Waals surface area contributed by atoms with Gasteiger partial charge in [0.1, 0.15) is 6.61 Å². The molecule has 4 heteroatoms. The van der Waals surface area contributed by atoms with Gasteiger partial charge < -0.3 is 14.6 Å². The minimum Gasteiger partial charge on any atom is -0.450 e. The predicted molar refractivity (Wildman–Crippen MR) is 65.1 cm³/mol. The van der Waals surface area contributed by atoms with Gasteiger partial charge >= 0.3 is 6.16 Å². The van der Waals surface area contributed by atoms with Gasteiger partial charge in [-0.3, -0.25) is 0 Å². The van der Waals surface area contributed by atoms with Gasteiger partial charge in [0.15, 0.2) is 0 Å². The van der Waals surface area contributed by atoms with Gasteiger partial charge in [0.05, 0.1) is 12.7 Å². The maximum Gasteiger partial charge on any atom is 0.505 e. The number of carboxylic acid groups (broad SMARTS) is 1. The molecule has 1 saturated carbocycles. The Labute approximate surface area is 103 Å². The van der Waals surface area contributed by atoms with Crippen molar-refractivity contribution >= 4 is 6.16 Å². The third-order valence-corrected chi connectivity index (χ3v) is 3.60. The molecule has 1 rings (SSSR count). The van der Waals surface area contributed by atoms with E-state index in [4.69, 9.17) is 9.84 Å². The van der Waals surface area contributed by atoms with Crippen LogP contribution in [0, 0.1) is 17.8 Å². The summed E-state index contributed by atoms with van der Waals surface area (Å²) in [5.74, 6) is 1.92. The van der Waals surface area contributed by atoms with E-state index >= 15 is 0 Å². The fraction of sp³-hybridized carbons (Fsp3) is 0.923. The minimum atomic E-state index is -1.23. The zero-order chi connectivity index (χ0) is 12.8. The Morgan fingerprint density at radius 2 is 2.06 bits per heavy atom. The van der Waals surface area contributed by atoms with Gasteiger partial charge in [-0.25, -0.2) is 4.79 Å². The van der Waals surface area contributed by atoms with Crippen molar-refractivity contribution in [3.8, 4) is 0 Å². The van der Waals surface area contributed by atoms with Crippen molar-refractivity contribution in [3.63, 3.8) is 0 Å². The molecule has 17 heavy (non-hydrogen) atoms. The van der Waals surface area contributed by atoms with E-state index in [0.717, 1.165) is 6.42 Å². The molecule has 3 unspecified atom stereocenters. The molecule has 0 saturated heterocycles. The number of carbonyl (C=O) groups is 1. The summed E-state index contributed by atoms with van der Waals surface area (Å²) in [4.78, 5) is 10.2. The first-order valence-electron chi connectivity index (χ1n) is 6.48. The lowest BCUT2D eigenvalue weighted by molar-refractivity contribution is -0.0535. The van der Waals surface area contributed by atoms with Gasteiger partial charge in [0.2, 0.25) is 0 Å². The number of rotatable bonds is 5. The summed E-state index contributed by atoms with van der Waals surface area (Å²) < 4.78 is 10.2. The zero-order valence-electron chi connectivity index (χ0n) is 11.0. The van der Waals surface area contributed by atoms with Crippen molar-refractivity contribution in [1.29, 1.82) is 0 Å². The second kappa shape index (κ2) is 6.84. The van der Waals surface area contributed by atoms with Crippen molar-refractivity contribution < 1.29 is 19.4 Å². The monoisotopic (exact) mass is 244 g/mol. The Morgan fingerprint density at radius 1 is 1.35 bits per heavy atom. The average Bonchev–Trinajstić information content (AvgIpc) is 2.23. The van der Waals surface area contributed by atoms with Gasteiger partial charge in [0, 0.05) is 0 Å². The van der Waals surface area contributed by atoms with Crippen molar-refractivity contribution in [2.45, 2.75) is 46.1 Å². The van der Waals surface area contributed by atoms with Crippen molar-refractivity contribution in [1.82, 2.24) is 0 Å². The molecule has 1 fully saturated rings. The quantitative estimate of drug-likeness (QED) is 0.596. The van der Waals surface area contributed by atoms with E-state index in [1.807, 2.05) is 0 Å². The van der Waals surface area contributed by atoms with E-state index in [0.29, 0.717) is 24.4 Å². The maximum absolute atomic E-state index is 10.2. The van der Waals surface area contributed by atoms with Crippen LogP contribution >= 0.6 is 0 Å². The Bertz CT molecular complexity index is 240. The molecule has 3 atom stereocenters. The van der Waals surface area contributed by atoms with Crippen LogP contribution in [0.15, 0.2) is 0 Å². The molecule has 4 nitrogen and oxygen atoms in total. The molecule has 0 aliphatic heterocycles. The molecule has 1 aliphatic rings. The Balaban J connectivity index is 2.33. The summed E-state index contributed by atoms with van der Waals surface area (Å²) in [6, 6.07) is 0. The largest absolute Gasteiger partial charge is 0.505 e. The highest BCUT2D eigenvalue weighted by Crippen LogP contribution is 2.35. The minimum absolute atomic E-state index is 0.130. The van der Waals surface area contributed by atoms with E-state index < -0.39 is 6.16 Å². The number of hydrogen-bond acceptors (Lipinski definition) is 3. The Morgan fingerprint density at radius 3 is 2.65 bits per heavy atom. The summed E-state index contributed by atoms with van der Waals surface area (Å²) in [5, 5.41) is 8.35. The second-order valence-corrected chi connectivity index (χ2v) is 5.35. The van der Waals surface area contributed by atoms with Crippen LogP contribution in [0.5, 0.6) is 0 Å². The van der Waals surface area contributed by atoms with Crippen molar-refractivity contribution in [2.75, 3.05) is 13.2 Å². The number of hydrogen-bond donors (Lipinski definition) is 1. The molecule has 0 bridgehead atoms. The van der Waals surface area contributed by atoms with Gasteiger partial charge in [-0.05, 0) is 30.6 Å². The van der Waals surface area contributed by atoms with Crippen LogP contribution in [0.4, 0.5) is 4.79 Å². The van der Waals surface area contributed by atoms with Gasteiger partial charge in [0.25, 0.3) is 0 Å². The lowest BCUT2D eigenvalue weighted by Gasteiger charge is -2.37. The number of ether oxygens (including phenoxy) is 2. The van der Waals surface area contributed by atoms with Gasteiger partial charge in [-0.1, -0.05) is 27.2 Å². The van der Waals surface area contributed by atoms with Crippen LogP contribution in [0.3, 0.4) is 0 Å². The zero-order valence-corrected chi connectivity index (χ0v) is 11.0. The average molecular weight is 244 g/mol. The molecule has 0 aromatic heterocycles. The van der Waals surface area contributed by atoms with E-state index in [2.05, 4.69) is 25.5 Å². The fourth-order valence-corrected chi connectivity index (χ4v) is 2.63. The van der Waals surface area contributed by atoms with Crippen LogP contribution in [-0.2, 0) is 9.47 Å². The highest BCUT2D eigenvalue weighted by Gasteiger charge is 2.31. The van der Waals surface area contributed by atoms with Gasteiger partial charge in [-0.2, -0.15) is 0 Å². The third-order valence-electron chi connectivity index (χ3n) is 3.60. The Kier molecular flexibility index (Phi) is 5.75. The molecule has 1 N–H and O–H groups in total. The molecule has 0 amide bonds. The molecule has 100 valence electrons. The van der Waals surface area contributed by atoms with E-state index in [1.165, 1.54) is 12.8 Å². The van der Waals surface area contributed by atoms with Crippen LogP contribution in [0.25, 0.3) is 0 Å². The summed E-state index contributed by atoms with van der Waals surface area (Å²) >= 11 is 0. The lowest BCUT2D eigenvalue weighted by Crippen LogP contribution is -2.35. The van der Waals surface area contributed by atoms with E-state index in [-0.39, 0.29) is 12.7 Å². The van der Waals surface area contributed by atoms with Crippen LogP contribution in [0.1, 0.15) is 40.0 Å². The van der Waals surface area contributed by atoms with Crippen molar-refractivity contribution in [2.24, 2.45) is 17.8 Å². The third kappa shape index (κ3) is 4.94. The maximum atomic E-state index is 10.2. The topological polar surface area (TPSA) is 55.8 Å². The highest BCUT2D eigenvalue weighted by molar-refractivity contribution is 5.56. The molecule has 1 aliphatic carbocycles. The lowest BCUT2D eigenvalue weighted by atomic mass is 9.75. The predicted octanol–water partition coefficient (Wildman–Crippen LogP) is 3.16. The first-order chi connectivity index (χ1) is 8.00. The van der Waals surface area contributed by atoms with E-state index in [9.17, 15) is 4.79 Å². The summed E-state index contributed by atoms with van der Waals surface area (Å²) in [7, 11) is 0. The summed E-state index contributed by atoms with van der Waals surface area (Å²) in [6.45, 7) is 7.20. The summed E-state index contributed by atoms with van der Waals surface area (Å²) in [5.41, 5.74) is 0. The first-order valence-corrected chi connectivity index (χ1v) is 6.48. The van der Waals surface area contributed by atoms with Crippen LogP contribution < -0.4 is 0 Å². The molecule has 0 radical (unpaired) electrons. The SMILES string of the molecule is CC1CCC(C(C)C)C(OCCOC(=O)O)C1. The Hall–Kier alpha value is -0.770. The first kappa shape index (κ1) is 14.3. The van der Waals surface area contributed by atoms with Gasteiger partial charge in [-0.15, -0.1) is 0 Å². The highest BCUT2D eigenvalue weighted by atomic mass is 16.7. The molecule has 0 aromatic rings. The fourth-order valence-electron chi connectivity index (χ4n) is 2.63. The van der Waals surface area contributed by atoms with Crippen molar-refractivity contribution in [3.05, 3.63) is 0 Å². The molecular formula is C13H24O4. The normalized spacial score (nSPS) is 29.3. The van der Waals surface area contributed by atoms with E-state index in [1.54, 1.807) is 0 Å².